The van der Waals surface area contributed by atoms with Crippen molar-refractivity contribution < 1.29 is 4.79 Å². The monoisotopic (exact) mass is 351 g/mol. The standard InChI is InChI=1S/C18H21N7O/c1-12-9-16-22-15(10-13(2)25(16)23-12)17(26)21-14-5-3-8-24(11-14)18-19-6-4-7-20-18/h4,6-7,9-10,14H,3,5,8,11H2,1-2H3,(H,21,26)/t14-/m1/s1. The highest BCUT2D eigenvalue weighted by Gasteiger charge is 2.24. The summed E-state index contributed by atoms with van der Waals surface area (Å²) in [6, 6.07) is 5.49. The minimum atomic E-state index is -0.157. The smallest absolute Gasteiger partial charge is 0.270 e. The molecule has 0 radical (unpaired) electrons. The lowest BCUT2D eigenvalue weighted by Crippen LogP contribution is -2.48. The first-order valence-electron chi connectivity index (χ1n) is 8.77. The fourth-order valence-corrected chi connectivity index (χ4v) is 3.35. The van der Waals surface area contributed by atoms with Gasteiger partial charge in [-0.3, -0.25) is 4.79 Å². The largest absolute Gasteiger partial charge is 0.346 e. The van der Waals surface area contributed by atoms with Crippen molar-refractivity contribution in [2.75, 3.05) is 18.0 Å². The van der Waals surface area contributed by atoms with Crippen LogP contribution in [0, 0.1) is 13.8 Å². The molecule has 4 heterocycles. The zero-order valence-corrected chi connectivity index (χ0v) is 14.9. The highest BCUT2D eigenvalue weighted by atomic mass is 16.2. The Labute approximate surface area is 151 Å². The minimum Gasteiger partial charge on any atom is -0.346 e. The summed E-state index contributed by atoms with van der Waals surface area (Å²) in [5, 5.41) is 7.48. The number of hydrogen-bond donors (Lipinski definition) is 1. The highest BCUT2D eigenvalue weighted by molar-refractivity contribution is 5.93. The van der Waals surface area contributed by atoms with E-state index in [1.807, 2.05) is 19.9 Å². The molecule has 3 aromatic heterocycles. The highest BCUT2D eigenvalue weighted by Crippen LogP contribution is 2.16. The summed E-state index contributed by atoms with van der Waals surface area (Å²) in [7, 11) is 0. The fourth-order valence-electron chi connectivity index (χ4n) is 3.35. The first-order valence-corrected chi connectivity index (χ1v) is 8.77. The van der Waals surface area contributed by atoms with Crippen LogP contribution in [0.2, 0.25) is 0 Å². The third-order valence-corrected chi connectivity index (χ3v) is 4.55. The van der Waals surface area contributed by atoms with Gasteiger partial charge in [-0.25, -0.2) is 19.5 Å². The van der Waals surface area contributed by atoms with E-state index in [4.69, 9.17) is 0 Å². The van der Waals surface area contributed by atoms with Gasteiger partial charge in [0.1, 0.15) is 5.69 Å². The molecule has 1 saturated heterocycles. The Morgan fingerprint density at radius 2 is 2.04 bits per heavy atom. The van der Waals surface area contributed by atoms with Crippen LogP contribution >= 0.6 is 0 Å². The topological polar surface area (TPSA) is 88.3 Å². The van der Waals surface area contributed by atoms with Gasteiger partial charge in [-0.15, -0.1) is 0 Å². The predicted octanol–water partition coefficient (Wildman–Crippen LogP) is 1.53. The van der Waals surface area contributed by atoms with Gasteiger partial charge in [0.05, 0.1) is 5.69 Å². The van der Waals surface area contributed by atoms with Crippen LogP contribution in [-0.4, -0.2) is 49.6 Å². The Morgan fingerprint density at radius 3 is 2.85 bits per heavy atom. The minimum absolute atomic E-state index is 0.0463. The molecule has 8 heteroatoms. The number of carbonyl (C=O) groups is 1. The SMILES string of the molecule is Cc1cc2nc(C(=O)N[C@@H]3CCCN(c4ncccn4)C3)cc(C)n2n1. The summed E-state index contributed by atoms with van der Waals surface area (Å²) in [6.07, 6.45) is 5.39. The molecule has 0 spiro atoms. The molecule has 1 atom stereocenters. The number of fused-ring (bicyclic) bond motifs is 1. The molecule has 1 aliphatic rings. The van der Waals surface area contributed by atoms with E-state index in [9.17, 15) is 4.79 Å². The third kappa shape index (κ3) is 3.22. The molecule has 1 amide bonds. The summed E-state index contributed by atoms with van der Waals surface area (Å²) in [5.41, 5.74) is 2.87. The first-order chi connectivity index (χ1) is 12.6. The van der Waals surface area contributed by atoms with Gasteiger partial charge in [-0.2, -0.15) is 5.10 Å². The average molecular weight is 351 g/mol. The summed E-state index contributed by atoms with van der Waals surface area (Å²) >= 11 is 0. The molecule has 134 valence electrons. The van der Waals surface area contributed by atoms with Crippen LogP contribution in [0.3, 0.4) is 0 Å². The van der Waals surface area contributed by atoms with Crippen LogP contribution in [0.1, 0.15) is 34.7 Å². The number of hydrogen-bond acceptors (Lipinski definition) is 6. The van der Waals surface area contributed by atoms with Crippen molar-refractivity contribution in [1.82, 2.24) is 29.9 Å². The molecule has 0 aromatic carbocycles. The first kappa shape index (κ1) is 16.4. The van der Waals surface area contributed by atoms with Crippen molar-refractivity contribution in [3.63, 3.8) is 0 Å². The number of piperidine rings is 1. The van der Waals surface area contributed by atoms with Gasteiger partial charge in [-0.1, -0.05) is 0 Å². The molecule has 8 nitrogen and oxygen atoms in total. The van der Waals surface area contributed by atoms with Gasteiger partial charge in [0.15, 0.2) is 5.65 Å². The summed E-state index contributed by atoms with van der Waals surface area (Å²) < 4.78 is 1.75. The van der Waals surface area contributed by atoms with E-state index in [2.05, 4.69) is 30.3 Å². The van der Waals surface area contributed by atoms with E-state index < -0.39 is 0 Å². The number of rotatable bonds is 3. The normalized spacial score (nSPS) is 17.5. The van der Waals surface area contributed by atoms with E-state index >= 15 is 0 Å². The Hall–Kier alpha value is -3.03. The van der Waals surface area contributed by atoms with Crippen LogP contribution in [-0.2, 0) is 0 Å². The van der Waals surface area contributed by atoms with Crippen LogP contribution in [0.5, 0.6) is 0 Å². The Bertz CT molecular complexity index is 937. The summed E-state index contributed by atoms with van der Waals surface area (Å²) in [5.74, 6) is 0.548. The molecule has 0 bridgehead atoms. The number of carbonyl (C=O) groups excluding carboxylic acids is 1. The van der Waals surface area contributed by atoms with Crippen LogP contribution < -0.4 is 10.2 Å². The summed E-state index contributed by atoms with van der Waals surface area (Å²) in [4.78, 5) is 27.9. The van der Waals surface area contributed by atoms with E-state index in [0.29, 0.717) is 23.8 Å². The van der Waals surface area contributed by atoms with Crippen molar-refractivity contribution in [3.05, 3.63) is 47.7 Å². The molecule has 4 rings (SSSR count). The molecular weight excluding hydrogens is 330 g/mol. The quantitative estimate of drug-likeness (QED) is 0.770. The van der Waals surface area contributed by atoms with Crippen LogP contribution in [0.25, 0.3) is 5.65 Å². The van der Waals surface area contributed by atoms with Gasteiger partial charge in [0, 0.05) is 43.3 Å². The Balaban J connectivity index is 1.49. The van der Waals surface area contributed by atoms with Gasteiger partial charge < -0.3 is 10.2 Å². The lowest BCUT2D eigenvalue weighted by atomic mass is 10.1. The number of nitrogens with one attached hydrogen (secondary N) is 1. The average Bonchev–Trinajstić information content (AvgIpc) is 3.03. The lowest BCUT2D eigenvalue weighted by Gasteiger charge is -2.33. The van der Waals surface area contributed by atoms with Crippen molar-refractivity contribution in [1.29, 1.82) is 0 Å². The van der Waals surface area contributed by atoms with E-state index in [-0.39, 0.29) is 11.9 Å². The van der Waals surface area contributed by atoms with Crippen LogP contribution in [0.15, 0.2) is 30.6 Å². The maximum absolute atomic E-state index is 12.7. The van der Waals surface area contributed by atoms with Crippen molar-refractivity contribution >= 4 is 17.5 Å². The van der Waals surface area contributed by atoms with Crippen LogP contribution in [0.4, 0.5) is 5.95 Å². The van der Waals surface area contributed by atoms with E-state index in [0.717, 1.165) is 30.8 Å². The third-order valence-electron chi connectivity index (χ3n) is 4.55. The molecule has 0 saturated carbocycles. The molecule has 1 N–H and O–H groups in total. The molecule has 0 aliphatic carbocycles. The fraction of sp³-hybridized carbons (Fsp3) is 0.389. The maximum atomic E-state index is 12.7. The van der Waals surface area contributed by atoms with Crippen molar-refractivity contribution in [3.8, 4) is 0 Å². The van der Waals surface area contributed by atoms with E-state index in [1.165, 1.54) is 0 Å². The second kappa shape index (κ2) is 6.70. The molecule has 1 fully saturated rings. The van der Waals surface area contributed by atoms with Gasteiger partial charge >= 0.3 is 0 Å². The van der Waals surface area contributed by atoms with Crippen molar-refractivity contribution in [2.45, 2.75) is 32.7 Å². The maximum Gasteiger partial charge on any atom is 0.270 e. The van der Waals surface area contributed by atoms with Gasteiger partial charge in [0.25, 0.3) is 5.91 Å². The predicted molar refractivity (Wildman–Crippen MR) is 97.2 cm³/mol. The van der Waals surface area contributed by atoms with E-state index in [1.54, 1.807) is 29.0 Å². The molecular formula is C18H21N7O. The Morgan fingerprint density at radius 1 is 1.23 bits per heavy atom. The molecule has 0 unspecified atom stereocenters. The lowest BCUT2D eigenvalue weighted by molar-refractivity contribution is 0.0928. The number of amides is 1. The second-order valence-electron chi connectivity index (χ2n) is 6.65. The number of aryl methyl sites for hydroxylation is 2. The van der Waals surface area contributed by atoms with Crippen molar-refractivity contribution in [2.24, 2.45) is 0 Å². The molecule has 1 aliphatic heterocycles. The van der Waals surface area contributed by atoms with Gasteiger partial charge in [-0.05, 0) is 38.8 Å². The second-order valence-corrected chi connectivity index (χ2v) is 6.65. The number of nitrogens with zero attached hydrogens (tertiary/aromatic N) is 6. The number of anilines is 1. The van der Waals surface area contributed by atoms with Gasteiger partial charge in [0.2, 0.25) is 5.95 Å². The number of aromatic nitrogens is 5. The zero-order valence-electron chi connectivity index (χ0n) is 14.9. The zero-order chi connectivity index (χ0) is 18.1. The molecule has 26 heavy (non-hydrogen) atoms. The Kier molecular flexibility index (Phi) is 4.24. The summed E-state index contributed by atoms with van der Waals surface area (Å²) in [6.45, 7) is 5.43. The molecule has 3 aromatic rings.